The Hall–Kier alpha value is -0.200. The Kier molecular flexibility index (Phi) is 11.1. The van der Waals surface area contributed by atoms with E-state index in [0.717, 1.165) is 26.2 Å². The maximum atomic E-state index is 5.67. The molecule has 2 atom stereocenters. The molecule has 5 nitrogen and oxygen atoms in total. The average Bonchev–Trinajstić information content (AvgIpc) is 2.64. The molecule has 0 aromatic rings. The lowest BCUT2D eigenvalue weighted by atomic mass is 10.1. The molecule has 1 aliphatic rings. The Balaban J connectivity index is 2.10. The summed E-state index contributed by atoms with van der Waals surface area (Å²) in [5.74, 6) is 0. The standard InChI is InChI=1S/C16H34N2O3/c1-4-5-16-14-18(15(2)6-7-17-16)8-9-20-12-13-21-11-10-19-3/h15-17H,4-14H2,1-3H3. The first-order valence-corrected chi connectivity index (χ1v) is 8.39. The van der Waals surface area contributed by atoms with Crippen molar-refractivity contribution >= 4 is 0 Å². The maximum absolute atomic E-state index is 5.67. The molecule has 0 saturated carbocycles. The molecule has 0 amide bonds. The average molecular weight is 302 g/mol. The summed E-state index contributed by atoms with van der Waals surface area (Å²) in [5, 5.41) is 3.66. The van der Waals surface area contributed by atoms with Crippen LogP contribution in [0.2, 0.25) is 0 Å². The first-order valence-electron chi connectivity index (χ1n) is 8.39. The molecule has 0 radical (unpaired) electrons. The van der Waals surface area contributed by atoms with Crippen molar-refractivity contribution in [1.82, 2.24) is 10.2 Å². The number of methoxy groups -OCH3 is 1. The fraction of sp³-hybridized carbons (Fsp3) is 1.00. The minimum atomic E-state index is 0.636. The highest BCUT2D eigenvalue weighted by atomic mass is 16.5. The Morgan fingerprint density at radius 3 is 2.52 bits per heavy atom. The molecule has 21 heavy (non-hydrogen) atoms. The second-order valence-electron chi connectivity index (χ2n) is 5.79. The van der Waals surface area contributed by atoms with E-state index < -0.39 is 0 Å². The zero-order chi connectivity index (χ0) is 15.3. The molecular formula is C16H34N2O3. The van der Waals surface area contributed by atoms with Crippen LogP contribution in [0.15, 0.2) is 0 Å². The van der Waals surface area contributed by atoms with Gasteiger partial charge in [-0.2, -0.15) is 0 Å². The van der Waals surface area contributed by atoms with Crippen molar-refractivity contribution in [2.24, 2.45) is 0 Å². The van der Waals surface area contributed by atoms with Crippen LogP contribution < -0.4 is 5.32 Å². The normalized spacial score (nSPS) is 24.1. The number of nitrogens with one attached hydrogen (secondary N) is 1. The van der Waals surface area contributed by atoms with Crippen molar-refractivity contribution in [2.75, 3.05) is 59.8 Å². The van der Waals surface area contributed by atoms with Crippen LogP contribution in [0.1, 0.15) is 33.1 Å². The van der Waals surface area contributed by atoms with Gasteiger partial charge in [-0.3, -0.25) is 4.90 Å². The molecule has 0 aromatic heterocycles. The highest BCUT2D eigenvalue weighted by molar-refractivity contribution is 4.80. The van der Waals surface area contributed by atoms with E-state index >= 15 is 0 Å². The van der Waals surface area contributed by atoms with Gasteiger partial charge in [-0.05, 0) is 26.3 Å². The Morgan fingerprint density at radius 1 is 1.10 bits per heavy atom. The van der Waals surface area contributed by atoms with Crippen LogP contribution >= 0.6 is 0 Å². The topological polar surface area (TPSA) is 43.0 Å². The number of hydrogen-bond donors (Lipinski definition) is 1. The molecule has 5 heteroatoms. The van der Waals surface area contributed by atoms with Crippen molar-refractivity contribution in [2.45, 2.75) is 45.2 Å². The predicted molar refractivity (Wildman–Crippen MR) is 85.9 cm³/mol. The quantitative estimate of drug-likeness (QED) is 0.586. The SMILES string of the molecule is CCCC1CN(CCOCCOCCOC)C(C)CCN1. The van der Waals surface area contributed by atoms with Crippen molar-refractivity contribution in [1.29, 1.82) is 0 Å². The van der Waals surface area contributed by atoms with Gasteiger partial charge in [0.25, 0.3) is 0 Å². The minimum absolute atomic E-state index is 0.636. The van der Waals surface area contributed by atoms with Crippen molar-refractivity contribution in [3.8, 4) is 0 Å². The van der Waals surface area contributed by atoms with Gasteiger partial charge >= 0.3 is 0 Å². The van der Waals surface area contributed by atoms with Gasteiger partial charge in [-0.25, -0.2) is 0 Å². The van der Waals surface area contributed by atoms with Crippen LogP contribution in [0.25, 0.3) is 0 Å². The van der Waals surface area contributed by atoms with Gasteiger partial charge < -0.3 is 19.5 Å². The summed E-state index contributed by atoms with van der Waals surface area (Å²) in [6.45, 7) is 11.3. The second kappa shape index (κ2) is 12.4. The smallest absolute Gasteiger partial charge is 0.0701 e. The third kappa shape index (κ3) is 8.73. The fourth-order valence-electron chi connectivity index (χ4n) is 2.71. The lowest BCUT2D eigenvalue weighted by molar-refractivity contribution is 0.0168. The number of nitrogens with zero attached hydrogens (tertiary/aromatic N) is 1. The van der Waals surface area contributed by atoms with Crippen LogP contribution in [0.3, 0.4) is 0 Å². The monoisotopic (exact) mass is 302 g/mol. The predicted octanol–water partition coefficient (Wildman–Crippen LogP) is 1.52. The van der Waals surface area contributed by atoms with Gasteiger partial charge in [-0.15, -0.1) is 0 Å². The van der Waals surface area contributed by atoms with E-state index in [9.17, 15) is 0 Å². The second-order valence-corrected chi connectivity index (χ2v) is 5.79. The molecule has 1 aliphatic heterocycles. The van der Waals surface area contributed by atoms with E-state index in [1.807, 2.05) is 0 Å². The first kappa shape index (κ1) is 18.8. The van der Waals surface area contributed by atoms with Gasteiger partial charge in [-0.1, -0.05) is 13.3 Å². The largest absolute Gasteiger partial charge is 0.382 e. The minimum Gasteiger partial charge on any atom is -0.382 e. The summed E-state index contributed by atoms with van der Waals surface area (Å²) in [6.07, 6.45) is 3.73. The lowest BCUT2D eigenvalue weighted by Gasteiger charge is -2.28. The van der Waals surface area contributed by atoms with Crippen molar-refractivity contribution in [3.05, 3.63) is 0 Å². The molecule has 2 unspecified atom stereocenters. The maximum Gasteiger partial charge on any atom is 0.0701 e. The van der Waals surface area contributed by atoms with Crippen LogP contribution in [0, 0.1) is 0 Å². The van der Waals surface area contributed by atoms with E-state index in [2.05, 4.69) is 24.1 Å². The van der Waals surface area contributed by atoms with Gasteiger partial charge in [0.1, 0.15) is 0 Å². The third-order valence-corrected chi connectivity index (χ3v) is 4.04. The Labute approximate surface area is 130 Å². The number of ether oxygens (including phenoxy) is 3. The van der Waals surface area contributed by atoms with E-state index in [1.54, 1.807) is 7.11 Å². The number of hydrogen-bond acceptors (Lipinski definition) is 5. The zero-order valence-electron chi connectivity index (χ0n) is 14.1. The number of rotatable bonds is 11. The molecular weight excluding hydrogens is 268 g/mol. The Morgan fingerprint density at radius 2 is 1.81 bits per heavy atom. The molecule has 0 spiro atoms. The first-order chi connectivity index (χ1) is 10.3. The highest BCUT2D eigenvalue weighted by Crippen LogP contribution is 2.11. The van der Waals surface area contributed by atoms with E-state index in [0.29, 0.717) is 38.5 Å². The zero-order valence-corrected chi connectivity index (χ0v) is 14.1. The molecule has 1 heterocycles. The van der Waals surface area contributed by atoms with E-state index in [-0.39, 0.29) is 0 Å². The van der Waals surface area contributed by atoms with E-state index in [4.69, 9.17) is 14.2 Å². The summed E-state index contributed by atoms with van der Waals surface area (Å²) in [7, 11) is 1.68. The molecule has 0 bridgehead atoms. The van der Waals surface area contributed by atoms with Gasteiger partial charge in [0.2, 0.25) is 0 Å². The molecule has 126 valence electrons. The van der Waals surface area contributed by atoms with Crippen LogP contribution in [-0.4, -0.2) is 76.8 Å². The lowest BCUT2D eigenvalue weighted by Crippen LogP contribution is -2.41. The molecule has 1 rings (SSSR count). The highest BCUT2D eigenvalue weighted by Gasteiger charge is 2.21. The van der Waals surface area contributed by atoms with Crippen LogP contribution in [-0.2, 0) is 14.2 Å². The fourth-order valence-corrected chi connectivity index (χ4v) is 2.71. The third-order valence-electron chi connectivity index (χ3n) is 4.04. The summed E-state index contributed by atoms with van der Waals surface area (Å²) < 4.78 is 16.0. The molecule has 1 fully saturated rings. The summed E-state index contributed by atoms with van der Waals surface area (Å²) in [5.41, 5.74) is 0. The molecule has 0 aromatic carbocycles. The Bertz CT molecular complexity index is 242. The van der Waals surface area contributed by atoms with Crippen molar-refractivity contribution in [3.63, 3.8) is 0 Å². The molecule has 1 saturated heterocycles. The molecule has 0 aliphatic carbocycles. The van der Waals surface area contributed by atoms with Gasteiger partial charge in [0.15, 0.2) is 0 Å². The summed E-state index contributed by atoms with van der Waals surface area (Å²) >= 11 is 0. The van der Waals surface area contributed by atoms with Crippen LogP contribution in [0.5, 0.6) is 0 Å². The van der Waals surface area contributed by atoms with Gasteiger partial charge in [0, 0.05) is 32.3 Å². The van der Waals surface area contributed by atoms with Crippen LogP contribution in [0.4, 0.5) is 0 Å². The summed E-state index contributed by atoms with van der Waals surface area (Å²) in [6, 6.07) is 1.28. The molecule has 1 N–H and O–H groups in total. The van der Waals surface area contributed by atoms with Gasteiger partial charge in [0.05, 0.1) is 33.0 Å². The summed E-state index contributed by atoms with van der Waals surface area (Å²) in [4.78, 5) is 2.56. The van der Waals surface area contributed by atoms with Crippen molar-refractivity contribution < 1.29 is 14.2 Å². The van der Waals surface area contributed by atoms with E-state index in [1.165, 1.54) is 19.3 Å².